The van der Waals surface area contributed by atoms with Gasteiger partial charge in [0.15, 0.2) is 0 Å². The molecule has 0 bridgehead atoms. The lowest BCUT2D eigenvalue weighted by Crippen LogP contribution is -2.51. The van der Waals surface area contributed by atoms with Gasteiger partial charge < -0.3 is 19.9 Å². The Hall–Kier alpha value is -2.69. The van der Waals surface area contributed by atoms with E-state index in [0.29, 0.717) is 12.5 Å². The third-order valence-corrected chi connectivity index (χ3v) is 5.07. The van der Waals surface area contributed by atoms with Crippen LogP contribution in [-0.2, 0) is 6.54 Å². The number of benzene rings is 2. The SMILES string of the molecule is COc1ccc(CNC(=O)N2CCN(c3ccccc3C(C)C)CC2)cc1. The maximum absolute atomic E-state index is 12.5. The van der Waals surface area contributed by atoms with Crippen molar-refractivity contribution >= 4 is 11.7 Å². The van der Waals surface area contributed by atoms with E-state index >= 15 is 0 Å². The number of piperazine rings is 1. The molecule has 1 saturated heterocycles. The molecule has 1 aliphatic rings. The zero-order valence-corrected chi connectivity index (χ0v) is 16.4. The maximum Gasteiger partial charge on any atom is 0.317 e. The van der Waals surface area contributed by atoms with Crippen LogP contribution in [0, 0.1) is 0 Å². The van der Waals surface area contributed by atoms with Crippen LogP contribution >= 0.6 is 0 Å². The number of ether oxygens (including phenoxy) is 1. The van der Waals surface area contributed by atoms with Crippen LogP contribution in [0.15, 0.2) is 48.5 Å². The quantitative estimate of drug-likeness (QED) is 0.873. The van der Waals surface area contributed by atoms with E-state index in [2.05, 4.69) is 48.3 Å². The number of hydrogen-bond acceptors (Lipinski definition) is 3. The van der Waals surface area contributed by atoms with Crippen LogP contribution in [0.2, 0.25) is 0 Å². The summed E-state index contributed by atoms with van der Waals surface area (Å²) >= 11 is 0. The second-order valence-corrected chi connectivity index (χ2v) is 7.19. The van der Waals surface area contributed by atoms with Gasteiger partial charge in [-0.05, 0) is 35.2 Å². The van der Waals surface area contributed by atoms with Crippen molar-refractivity contribution in [3.63, 3.8) is 0 Å². The Labute approximate surface area is 161 Å². The fourth-order valence-corrected chi connectivity index (χ4v) is 3.45. The Bertz CT molecular complexity index is 750. The maximum atomic E-state index is 12.5. The summed E-state index contributed by atoms with van der Waals surface area (Å²) in [7, 11) is 1.65. The molecule has 5 heteroatoms. The predicted molar refractivity (Wildman–Crippen MR) is 110 cm³/mol. The average molecular weight is 367 g/mol. The smallest absolute Gasteiger partial charge is 0.317 e. The number of carbonyl (C=O) groups excluding carboxylic acids is 1. The van der Waals surface area contributed by atoms with Gasteiger partial charge in [-0.25, -0.2) is 4.79 Å². The minimum absolute atomic E-state index is 0.00242. The molecule has 0 radical (unpaired) electrons. The van der Waals surface area contributed by atoms with Gasteiger partial charge in [-0.3, -0.25) is 0 Å². The van der Waals surface area contributed by atoms with Gasteiger partial charge in [0.2, 0.25) is 0 Å². The summed E-state index contributed by atoms with van der Waals surface area (Å²) in [5, 5.41) is 3.02. The molecule has 3 rings (SSSR count). The Kier molecular flexibility index (Phi) is 6.22. The second kappa shape index (κ2) is 8.80. The van der Waals surface area contributed by atoms with E-state index in [4.69, 9.17) is 4.74 Å². The van der Waals surface area contributed by atoms with E-state index in [-0.39, 0.29) is 6.03 Å². The van der Waals surface area contributed by atoms with E-state index < -0.39 is 0 Å². The molecule has 1 heterocycles. The fraction of sp³-hybridized carbons (Fsp3) is 0.409. The molecular weight excluding hydrogens is 338 g/mol. The van der Waals surface area contributed by atoms with Crippen LogP contribution < -0.4 is 15.0 Å². The highest BCUT2D eigenvalue weighted by atomic mass is 16.5. The number of rotatable bonds is 5. The number of para-hydroxylation sites is 1. The number of nitrogens with zero attached hydrogens (tertiary/aromatic N) is 2. The molecular formula is C22H29N3O2. The summed E-state index contributed by atoms with van der Waals surface area (Å²) in [6, 6.07) is 16.3. The molecule has 2 amide bonds. The molecule has 27 heavy (non-hydrogen) atoms. The Morgan fingerprint density at radius 2 is 1.70 bits per heavy atom. The standard InChI is InChI=1S/C22H29N3O2/c1-17(2)20-6-4-5-7-21(20)24-12-14-25(15-13-24)22(26)23-16-18-8-10-19(27-3)11-9-18/h4-11,17H,12-16H2,1-3H3,(H,23,26). The molecule has 0 unspecified atom stereocenters. The highest BCUT2D eigenvalue weighted by molar-refractivity contribution is 5.74. The highest BCUT2D eigenvalue weighted by Gasteiger charge is 2.22. The van der Waals surface area contributed by atoms with Gasteiger partial charge in [-0.1, -0.05) is 44.2 Å². The number of carbonyl (C=O) groups is 1. The molecule has 0 saturated carbocycles. The number of methoxy groups -OCH3 is 1. The molecule has 5 nitrogen and oxygen atoms in total. The van der Waals surface area contributed by atoms with Crippen LogP contribution in [0.4, 0.5) is 10.5 Å². The summed E-state index contributed by atoms with van der Waals surface area (Å²) in [6.07, 6.45) is 0. The molecule has 0 atom stereocenters. The van der Waals surface area contributed by atoms with Gasteiger partial charge in [0.1, 0.15) is 5.75 Å². The monoisotopic (exact) mass is 367 g/mol. The first-order chi connectivity index (χ1) is 13.1. The van der Waals surface area contributed by atoms with Crippen LogP contribution in [0.3, 0.4) is 0 Å². The normalized spacial score (nSPS) is 14.4. The van der Waals surface area contributed by atoms with Gasteiger partial charge in [0, 0.05) is 38.4 Å². The zero-order valence-electron chi connectivity index (χ0n) is 16.4. The number of anilines is 1. The number of urea groups is 1. The Morgan fingerprint density at radius 1 is 1.04 bits per heavy atom. The molecule has 0 aromatic heterocycles. The topological polar surface area (TPSA) is 44.8 Å². The molecule has 1 N–H and O–H groups in total. The first kappa shape index (κ1) is 19.1. The lowest BCUT2D eigenvalue weighted by Gasteiger charge is -2.37. The van der Waals surface area contributed by atoms with Crippen molar-refractivity contribution in [3.8, 4) is 5.75 Å². The van der Waals surface area contributed by atoms with Crippen LogP contribution in [0.1, 0.15) is 30.9 Å². The van der Waals surface area contributed by atoms with Crippen molar-refractivity contribution in [2.45, 2.75) is 26.3 Å². The van der Waals surface area contributed by atoms with Gasteiger partial charge in [0.05, 0.1) is 7.11 Å². The van der Waals surface area contributed by atoms with E-state index in [1.54, 1.807) is 7.11 Å². The van der Waals surface area contributed by atoms with Gasteiger partial charge in [-0.15, -0.1) is 0 Å². The van der Waals surface area contributed by atoms with Gasteiger partial charge >= 0.3 is 6.03 Å². The molecule has 0 spiro atoms. The fourth-order valence-electron chi connectivity index (χ4n) is 3.45. The summed E-state index contributed by atoms with van der Waals surface area (Å²) in [4.78, 5) is 16.8. The minimum Gasteiger partial charge on any atom is -0.497 e. The van der Waals surface area contributed by atoms with E-state index in [9.17, 15) is 4.79 Å². The van der Waals surface area contributed by atoms with Crippen LogP contribution in [0.25, 0.3) is 0 Å². The number of amides is 2. The first-order valence-corrected chi connectivity index (χ1v) is 9.58. The van der Waals surface area contributed by atoms with Crippen molar-refractivity contribution in [2.75, 3.05) is 38.2 Å². The van der Waals surface area contributed by atoms with Crippen molar-refractivity contribution < 1.29 is 9.53 Å². The van der Waals surface area contributed by atoms with Crippen LogP contribution in [0.5, 0.6) is 5.75 Å². The summed E-state index contributed by atoms with van der Waals surface area (Å²) < 4.78 is 5.16. The summed E-state index contributed by atoms with van der Waals surface area (Å²) in [5.41, 5.74) is 3.73. The first-order valence-electron chi connectivity index (χ1n) is 9.58. The molecule has 144 valence electrons. The van der Waals surface area contributed by atoms with Crippen LogP contribution in [-0.4, -0.2) is 44.2 Å². The lowest BCUT2D eigenvalue weighted by atomic mass is 10.00. The third-order valence-electron chi connectivity index (χ3n) is 5.07. The molecule has 1 aliphatic heterocycles. The minimum atomic E-state index is 0.00242. The molecule has 1 fully saturated rings. The summed E-state index contributed by atoms with van der Waals surface area (Å²) in [6.45, 7) is 8.17. The van der Waals surface area contributed by atoms with E-state index in [1.807, 2.05) is 29.2 Å². The molecule has 2 aromatic carbocycles. The number of hydrogen-bond donors (Lipinski definition) is 1. The molecule has 2 aromatic rings. The average Bonchev–Trinajstić information content (AvgIpc) is 2.72. The van der Waals surface area contributed by atoms with Gasteiger partial charge in [0.25, 0.3) is 0 Å². The Balaban J connectivity index is 1.52. The van der Waals surface area contributed by atoms with Gasteiger partial charge in [-0.2, -0.15) is 0 Å². The summed E-state index contributed by atoms with van der Waals surface area (Å²) in [5.74, 6) is 1.31. The van der Waals surface area contributed by atoms with E-state index in [1.165, 1.54) is 11.3 Å². The number of nitrogens with one attached hydrogen (secondary N) is 1. The Morgan fingerprint density at radius 3 is 2.33 bits per heavy atom. The second-order valence-electron chi connectivity index (χ2n) is 7.19. The third kappa shape index (κ3) is 4.73. The lowest BCUT2D eigenvalue weighted by molar-refractivity contribution is 0.194. The molecule has 0 aliphatic carbocycles. The van der Waals surface area contributed by atoms with Crippen molar-refractivity contribution in [1.29, 1.82) is 0 Å². The van der Waals surface area contributed by atoms with Crippen molar-refractivity contribution in [1.82, 2.24) is 10.2 Å². The predicted octanol–water partition coefficient (Wildman–Crippen LogP) is 3.85. The zero-order chi connectivity index (χ0) is 19.2. The highest BCUT2D eigenvalue weighted by Crippen LogP contribution is 2.28. The van der Waals surface area contributed by atoms with Crippen molar-refractivity contribution in [3.05, 3.63) is 59.7 Å². The van der Waals surface area contributed by atoms with Crippen molar-refractivity contribution in [2.24, 2.45) is 0 Å². The van der Waals surface area contributed by atoms with E-state index in [0.717, 1.165) is 37.5 Å². The largest absolute Gasteiger partial charge is 0.497 e.